The summed E-state index contributed by atoms with van der Waals surface area (Å²) < 4.78 is 6.93. The van der Waals surface area contributed by atoms with Gasteiger partial charge >= 0.3 is 5.97 Å². The highest BCUT2D eigenvalue weighted by Crippen LogP contribution is 2.37. The van der Waals surface area contributed by atoms with E-state index in [0.717, 1.165) is 37.1 Å². The van der Waals surface area contributed by atoms with Crippen molar-refractivity contribution in [2.45, 2.75) is 63.4 Å². The van der Waals surface area contributed by atoms with Crippen LogP contribution in [0.5, 0.6) is 0 Å². The molecular formula is C20H28N4O3S2. The molecule has 7 nitrogen and oxygen atoms in total. The van der Waals surface area contributed by atoms with Crippen molar-refractivity contribution in [3.8, 4) is 0 Å². The van der Waals surface area contributed by atoms with E-state index in [1.807, 2.05) is 11.6 Å². The molecule has 9 heteroatoms. The molecule has 2 aromatic heterocycles. The number of esters is 1. The van der Waals surface area contributed by atoms with Gasteiger partial charge in [-0.1, -0.05) is 38.5 Å². The molecule has 1 N–H and O–H groups in total. The van der Waals surface area contributed by atoms with Crippen molar-refractivity contribution in [1.29, 1.82) is 0 Å². The highest BCUT2D eigenvalue weighted by molar-refractivity contribution is 7.99. The number of thiophene rings is 1. The minimum atomic E-state index is -0.374. The van der Waals surface area contributed by atoms with E-state index >= 15 is 0 Å². The van der Waals surface area contributed by atoms with Crippen molar-refractivity contribution < 1.29 is 14.3 Å². The van der Waals surface area contributed by atoms with Crippen LogP contribution in [0.25, 0.3) is 0 Å². The number of nitrogens with one attached hydrogen (secondary N) is 1. The molecular weight excluding hydrogens is 408 g/mol. The van der Waals surface area contributed by atoms with Crippen LogP contribution in [0, 0.1) is 0 Å². The standard InChI is InChI=1S/C20H28N4O3S2/c1-12(2)17-22-23-20(24(17)3)28-11-15(25)21-18-16(19(26)27-4)13-9-7-5-6-8-10-14(13)29-18/h12H,5-11H2,1-4H3,(H,21,25). The molecule has 1 amide bonds. The maximum absolute atomic E-state index is 12.6. The fourth-order valence-electron chi connectivity index (χ4n) is 3.57. The smallest absolute Gasteiger partial charge is 0.341 e. The van der Waals surface area contributed by atoms with E-state index < -0.39 is 0 Å². The average molecular weight is 437 g/mol. The first-order chi connectivity index (χ1) is 13.9. The highest BCUT2D eigenvalue weighted by atomic mass is 32.2. The number of aromatic nitrogens is 3. The van der Waals surface area contributed by atoms with Gasteiger partial charge in [0.1, 0.15) is 10.8 Å². The number of amides is 1. The SMILES string of the molecule is COC(=O)c1c(NC(=O)CSc2nnc(C(C)C)n2C)sc2c1CCCCCC2. The third-order valence-corrected chi connectivity index (χ3v) is 7.26. The third-order valence-electron chi connectivity index (χ3n) is 5.03. The first-order valence-electron chi connectivity index (χ1n) is 9.97. The van der Waals surface area contributed by atoms with Gasteiger partial charge in [0.2, 0.25) is 5.91 Å². The minimum Gasteiger partial charge on any atom is -0.465 e. The number of fused-ring (bicyclic) bond motifs is 1. The van der Waals surface area contributed by atoms with E-state index in [0.29, 0.717) is 15.7 Å². The van der Waals surface area contributed by atoms with E-state index in [-0.39, 0.29) is 23.5 Å². The molecule has 0 fully saturated rings. The number of rotatable bonds is 6. The van der Waals surface area contributed by atoms with E-state index in [4.69, 9.17) is 4.74 Å². The Morgan fingerprint density at radius 3 is 2.59 bits per heavy atom. The number of aryl methyl sites for hydroxylation is 1. The fourth-order valence-corrected chi connectivity index (χ4v) is 5.58. The molecule has 0 atom stereocenters. The average Bonchev–Trinajstić information content (AvgIpc) is 3.19. The van der Waals surface area contributed by atoms with Crippen LogP contribution in [0.1, 0.15) is 72.1 Å². The topological polar surface area (TPSA) is 86.1 Å². The summed E-state index contributed by atoms with van der Waals surface area (Å²) in [5, 5.41) is 12.6. The van der Waals surface area contributed by atoms with Gasteiger partial charge in [-0.3, -0.25) is 4.79 Å². The van der Waals surface area contributed by atoms with E-state index in [1.54, 1.807) is 0 Å². The zero-order valence-corrected chi connectivity index (χ0v) is 19.0. The summed E-state index contributed by atoms with van der Waals surface area (Å²) in [6.07, 6.45) is 6.36. The molecule has 0 aromatic carbocycles. The van der Waals surface area contributed by atoms with Gasteiger partial charge in [-0.15, -0.1) is 21.5 Å². The number of carbonyl (C=O) groups is 2. The summed E-state index contributed by atoms with van der Waals surface area (Å²) in [5.74, 6) is 0.819. The Hall–Kier alpha value is -1.87. The van der Waals surface area contributed by atoms with Gasteiger partial charge in [0.05, 0.1) is 18.4 Å². The monoisotopic (exact) mass is 436 g/mol. The largest absolute Gasteiger partial charge is 0.465 e. The first-order valence-corrected chi connectivity index (χ1v) is 11.8. The Labute approximate surface area is 179 Å². The Kier molecular flexibility index (Phi) is 7.34. The molecule has 0 saturated carbocycles. The summed E-state index contributed by atoms with van der Waals surface area (Å²) >= 11 is 2.85. The van der Waals surface area contributed by atoms with Crippen LogP contribution in [-0.2, 0) is 29.4 Å². The molecule has 1 aliphatic rings. The van der Waals surface area contributed by atoms with Crippen LogP contribution >= 0.6 is 23.1 Å². The molecule has 158 valence electrons. The van der Waals surface area contributed by atoms with Crippen LogP contribution < -0.4 is 5.32 Å². The number of ether oxygens (including phenoxy) is 1. The number of anilines is 1. The van der Waals surface area contributed by atoms with Crippen LogP contribution in [0.4, 0.5) is 5.00 Å². The van der Waals surface area contributed by atoms with Crippen molar-refractivity contribution in [1.82, 2.24) is 14.8 Å². The van der Waals surface area contributed by atoms with Gasteiger partial charge in [-0.25, -0.2) is 4.79 Å². The number of nitrogens with zero attached hydrogens (tertiary/aromatic N) is 3. The maximum Gasteiger partial charge on any atom is 0.341 e. The molecule has 0 aliphatic heterocycles. The van der Waals surface area contributed by atoms with Gasteiger partial charge in [0.15, 0.2) is 5.16 Å². The predicted molar refractivity (Wildman–Crippen MR) is 116 cm³/mol. The molecule has 29 heavy (non-hydrogen) atoms. The number of hydrogen-bond donors (Lipinski definition) is 1. The van der Waals surface area contributed by atoms with Gasteiger partial charge in [-0.05, 0) is 31.2 Å². The Bertz CT molecular complexity index is 889. The molecule has 0 saturated heterocycles. The molecule has 3 rings (SSSR count). The van der Waals surface area contributed by atoms with Crippen molar-refractivity contribution in [3.63, 3.8) is 0 Å². The molecule has 0 radical (unpaired) electrons. The quantitative estimate of drug-likeness (QED) is 0.540. The van der Waals surface area contributed by atoms with Gasteiger partial charge in [0.25, 0.3) is 0 Å². The van der Waals surface area contributed by atoms with Crippen molar-refractivity contribution >= 4 is 40.0 Å². The van der Waals surface area contributed by atoms with Crippen molar-refractivity contribution in [3.05, 3.63) is 21.8 Å². The van der Waals surface area contributed by atoms with Gasteiger partial charge in [0, 0.05) is 17.8 Å². The maximum atomic E-state index is 12.6. The second-order valence-corrected chi connectivity index (χ2v) is 9.55. The summed E-state index contributed by atoms with van der Waals surface area (Å²) in [5.41, 5.74) is 1.59. The van der Waals surface area contributed by atoms with E-state index in [1.165, 1.54) is 47.9 Å². The fraction of sp³-hybridized carbons (Fsp3) is 0.600. The lowest BCUT2D eigenvalue weighted by Gasteiger charge is -2.11. The summed E-state index contributed by atoms with van der Waals surface area (Å²) in [7, 11) is 3.29. The lowest BCUT2D eigenvalue weighted by molar-refractivity contribution is -0.113. The summed E-state index contributed by atoms with van der Waals surface area (Å²) in [6.45, 7) is 4.12. The van der Waals surface area contributed by atoms with Gasteiger partial charge in [-0.2, -0.15) is 0 Å². The van der Waals surface area contributed by atoms with Crippen molar-refractivity contribution in [2.24, 2.45) is 7.05 Å². The molecule has 2 heterocycles. The molecule has 0 spiro atoms. The van der Waals surface area contributed by atoms with Crippen molar-refractivity contribution in [2.75, 3.05) is 18.2 Å². The molecule has 0 unspecified atom stereocenters. The first kappa shape index (κ1) is 21.8. The third kappa shape index (κ3) is 5.01. The van der Waals surface area contributed by atoms with E-state index in [2.05, 4.69) is 29.4 Å². The lowest BCUT2D eigenvalue weighted by atomic mass is 9.96. The summed E-state index contributed by atoms with van der Waals surface area (Å²) in [4.78, 5) is 26.3. The molecule has 2 aromatic rings. The minimum absolute atomic E-state index is 0.163. The molecule has 0 bridgehead atoms. The number of methoxy groups -OCH3 is 1. The Morgan fingerprint density at radius 2 is 1.93 bits per heavy atom. The van der Waals surface area contributed by atoms with Crippen LogP contribution in [0.15, 0.2) is 5.16 Å². The normalized spacial score (nSPS) is 14.2. The lowest BCUT2D eigenvalue weighted by Crippen LogP contribution is -2.16. The van der Waals surface area contributed by atoms with Gasteiger partial charge < -0.3 is 14.6 Å². The zero-order chi connectivity index (χ0) is 21.0. The highest BCUT2D eigenvalue weighted by Gasteiger charge is 2.26. The number of thioether (sulfide) groups is 1. The predicted octanol–water partition coefficient (Wildman–Crippen LogP) is 4.18. The Balaban J connectivity index is 1.74. The zero-order valence-electron chi connectivity index (χ0n) is 17.4. The Morgan fingerprint density at radius 1 is 1.21 bits per heavy atom. The molecule has 1 aliphatic carbocycles. The second kappa shape index (κ2) is 9.75. The van der Waals surface area contributed by atoms with E-state index in [9.17, 15) is 9.59 Å². The second-order valence-electron chi connectivity index (χ2n) is 7.51. The number of hydrogen-bond acceptors (Lipinski definition) is 7. The van der Waals surface area contributed by atoms with Crippen LogP contribution in [0.3, 0.4) is 0 Å². The van der Waals surface area contributed by atoms with Crippen LogP contribution in [0.2, 0.25) is 0 Å². The number of carbonyl (C=O) groups excluding carboxylic acids is 2. The summed E-state index contributed by atoms with van der Waals surface area (Å²) in [6, 6.07) is 0. The van der Waals surface area contributed by atoms with Crippen LogP contribution in [-0.4, -0.2) is 39.5 Å².